The van der Waals surface area contributed by atoms with E-state index in [2.05, 4.69) is 5.10 Å². The van der Waals surface area contributed by atoms with Gasteiger partial charge in [0.25, 0.3) is 0 Å². The van der Waals surface area contributed by atoms with Crippen LogP contribution in [0.5, 0.6) is 0 Å². The Morgan fingerprint density at radius 2 is 1.62 bits per heavy atom. The maximum Gasteiger partial charge on any atom is 0.238 e. The van der Waals surface area contributed by atoms with Crippen LogP contribution in [0.2, 0.25) is 5.02 Å². The van der Waals surface area contributed by atoms with Crippen LogP contribution in [-0.4, -0.2) is 18.0 Å². The van der Waals surface area contributed by atoms with Gasteiger partial charge in [-0.15, -0.1) is 0 Å². The van der Waals surface area contributed by atoms with Crippen molar-refractivity contribution in [3.63, 3.8) is 0 Å². The second-order valence-electron chi connectivity index (χ2n) is 5.80. The third-order valence-corrected chi connectivity index (χ3v) is 5.40. The second kappa shape index (κ2) is 6.25. The van der Waals surface area contributed by atoms with Crippen LogP contribution in [0.15, 0.2) is 77.8 Å². The number of nitrogens with two attached hydrogens (primary N) is 1. The van der Waals surface area contributed by atoms with Crippen molar-refractivity contribution in [2.75, 3.05) is 0 Å². The summed E-state index contributed by atoms with van der Waals surface area (Å²) in [6.45, 7) is 0. The number of fused-ring (bicyclic) bond motifs is 1. The van der Waals surface area contributed by atoms with Gasteiger partial charge in [-0.05, 0) is 35.9 Å². The fourth-order valence-electron chi connectivity index (χ4n) is 2.94. The molecular formula is C19H14ClN3O2S. The minimum Gasteiger partial charge on any atom is -0.240 e. The Kier molecular flexibility index (Phi) is 4.03. The van der Waals surface area contributed by atoms with Gasteiger partial charge in [0.1, 0.15) is 5.69 Å². The van der Waals surface area contributed by atoms with Gasteiger partial charge in [-0.2, -0.15) is 5.10 Å². The van der Waals surface area contributed by atoms with Crippen molar-refractivity contribution < 1.29 is 8.42 Å². The normalized spacial score (nSPS) is 11.8. The van der Waals surface area contributed by atoms with Crippen molar-refractivity contribution in [1.82, 2.24) is 9.61 Å². The topological polar surface area (TPSA) is 77.5 Å². The molecule has 0 bridgehead atoms. The molecule has 0 aliphatic heterocycles. The standard InChI is InChI=1S/C19H14ClN3O2S/c20-16-6-2-1-5-15(16)19-18(17-7-3-4-12-23(17)22-19)13-8-10-14(11-9-13)26(21,24)25/h1-12H,(H2,21,24,25). The van der Waals surface area contributed by atoms with Crippen LogP contribution >= 0.6 is 11.6 Å². The molecule has 5 nitrogen and oxygen atoms in total. The molecule has 0 atom stereocenters. The Labute approximate surface area is 155 Å². The monoisotopic (exact) mass is 383 g/mol. The Bertz CT molecular complexity index is 1220. The maximum atomic E-state index is 11.5. The highest BCUT2D eigenvalue weighted by Gasteiger charge is 2.18. The van der Waals surface area contributed by atoms with E-state index >= 15 is 0 Å². The first-order valence-corrected chi connectivity index (χ1v) is 9.73. The van der Waals surface area contributed by atoms with E-state index in [4.69, 9.17) is 16.7 Å². The van der Waals surface area contributed by atoms with Crippen LogP contribution in [-0.2, 0) is 10.0 Å². The average molecular weight is 384 g/mol. The third-order valence-electron chi connectivity index (χ3n) is 4.14. The molecule has 0 saturated heterocycles. The molecule has 0 spiro atoms. The van der Waals surface area contributed by atoms with Crippen LogP contribution in [0.3, 0.4) is 0 Å². The number of aromatic nitrogens is 2. The summed E-state index contributed by atoms with van der Waals surface area (Å²) in [5, 5.41) is 10.5. The summed E-state index contributed by atoms with van der Waals surface area (Å²) in [5.41, 5.74) is 4.13. The summed E-state index contributed by atoms with van der Waals surface area (Å²) in [6.07, 6.45) is 1.86. The number of nitrogens with zero attached hydrogens (tertiary/aromatic N) is 2. The smallest absolute Gasteiger partial charge is 0.238 e. The van der Waals surface area contributed by atoms with Crippen molar-refractivity contribution in [2.24, 2.45) is 5.14 Å². The fourth-order valence-corrected chi connectivity index (χ4v) is 3.68. The van der Waals surface area contributed by atoms with Gasteiger partial charge in [-0.25, -0.2) is 18.1 Å². The molecule has 0 radical (unpaired) electrons. The van der Waals surface area contributed by atoms with Crippen LogP contribution in [0.25, 0.3) is 27.9 Å². The Morgan fingerprint density at radius 1 is 0.923 bits per heavy atom. The number of benzene rings is 2. The molecule has 0 aliphatic carbocycles. The zero-order valence-electron chi connectivity index (χ0n) is 13.5. The quantitative estimate of drug-likeness (QED) is 0.581. The van der Waals surface area contributed by atoms with Crippen LogP contribution in [0, 0.1) is 0 Å². The van der Waals surface area contributed by atoms with E-state index in [0.29, 0.717) is 5.02 Å². The van der Waals surface area contributed by atoms with Crippen molar-refractivity contribution >= 4 is 27.1 Å². The minimum absolute atomic E-state index is 0.0667. The van der Waals surface area contributed by atoms with Gasteiger partial charge in [-0.1, -0.05) is 48.0 Å². The predicted molar refractivity (Wildman–Crippen MR) is 102 cm³/mol. The Morgan fingerprint density at radius 3 is 2.31 bits per heavy atom. The van der Waals surface area contributed by atoms with E-state index in [9.17, 15) is 8.42 Å². The number of halogens is 1. The summed E-state index contributed by atoms with van der Waals surface area (Å²) >= 11 is 6.39. The molecule has 2 aromatic heterocycles. The fraction of sp³-hybridized carbons (Fsp3) is 0. The summed E-state index contributed by atoms with van der Waals surface area (Å²) in [6, 6.07) is 19.7. The molecule has 7 heteroatoms. The summed E-state index contributed by atoms with van der Waals surface area (Å²) in [4.78, 5) is 0.0667. The summed E-state index contributed by atoms with van der Waals surface area (Å²) in [5.74, 6) is 0. The van der Waals surface area contributed by atoms with Crippen molar-refractivity contribution in [1.29, 1.82) is 0 Å². The van der Waals surface area contributed by atoms with Crippen LogP contribution in [0.1, 0.15) is 0 Å². The molecule has 0 fully saturated rings. The number of hydrogen-bond donors (Lipinski definition) is 1. The van der Waals surface area contributed by atoms with E-state index in [1.165, 1.54) is 12.1 Å². The van der Waals surface area contributed by atoms with Gasteiger partial charge in [0.2, 0.25) is 10.0 Å². The Balaban J connectivity index is 2.00. The summed E-state index contributed by atoms with van der Waals surface area (Å²) < 4.78 is 24.8. The summed E-state index contributed by atoms with van der Waals surface area (Å²) in [7, 11) is -3.74. The van der Waals surface area contributed by atoms with Crippen molar-refractivity contribution in [2.45, 2.75) is 4.90 Å². The van der Waals surface area contributed by atoms with E-state index < -0.39 is 10.0 Å². The predicted octanol–water partition coefficient (Wildman–Crippen LogP) is 3.97. The molecule has 2 heterocycles. The highest BCUT2D eigenvalue weighted by molar-refractivity contribution is 7.89. The van der Waals surface area contributed by atoms with E-state index in [1.54, 1.807) is 16.6 Å². The molecule has 0 saturated carbocycles. The first kappa shape index (κ1) is 16.8. The molecule has 4 aromatic rings. The first-order chi connectivity index (χ1) is 12.4. The van der Waals surface area contributed by atoms with Gasteiger partial charge in [0.15, 0.2) is 0 Å². The first-order valence-electron chi connectivity index (χ1n) is 7.80. The lowest BCUT2D eigenvalue weighted by atomic mass is 10.00. The number of sulfonamides is 1. The van der Waals surface area contributed by atoms with Crippen molar-refractivity contribution in [3.05, 3.63) is 77.9 Å². The number of pyridine rings is 1. The third kappa shape index (κ3) is 2.88. The average Bonchev–Trinajstić information content (AvgIpc) is 3.00. The molecule has 130 valence electrons. The van der Waals surface area contributed by atoms with E-state index in [1.807, 2.05) is 48.7 Å². The number of hydrogen-bond acceptors (Lipinski definition) is 3. The van der Waals surface area contributed by atoms with E-state index in [0.717, 1.165) is 27.9 Å². The van der Waals surface area contributed by atoms with Gasteiger partial charge in [0.05, 0.1) is 15.4 Å². The molecule has 26 heavy (non-hydrogen) atoms. The maximum absolute atomic E-state index is 11.5. The highest BCUT2D eigenvalue weighted by Crippen LogP contribution is 2.38. The van der Waals surface area contributed by atoms with Gasteiger partial charge >= 0.3 is 0 Å². The Hall–Kier alpha value is -2.67. The number of primary sulfonamides is 1. The van der Waals surface area contributed by atoms with Gasteiger partial charge in [-0.3, -0.25) is 0 Å². The largest absolute Gasteiger partial charge is 0.240 e. The molecular weight excluding hydrogens is 370 g/mol. The SMILES string of the molecule is NS(=O)(=O)c1ccc(-c2c(-c3ccccc3Cl)nn3ccccc23)cc1. The molecule has 0 unspecified atom stereocenters. The highest BCUT2D eigenvalue weighted by atomic mass is 35.5. The molecule has 0 amide bonds. The van der Waals surface area contributed by atoms with Crippen LogP contribution < -0.4 is 5.14 Å². The van der Waals surface area contributed by atoms with Gasteiger partial charge in [0, 0.05) is 17.3 Å². The minimum atomic E-state index is -3.74. The molecule has 4 rings (SSSR count). The zero-order valence-corrected chi connectivity index (χ0v) is 15.1. The lowest BCUT2D eigenvalue weighted by Crippen LogP contribution is -2.11. The number of rotatable bonds is 3. The molecule has 2 aromatic carbocycles. The van der Waals surface area contributed by atoms with Crippen LogP contribution in [0.4, 0.5) is 0 Å². The van der Waals surface area contributed by atoms with Crippen molar-refractivity contribution in [3.8, 4) is 22.4 Å². The lowest BCUT2D eigenvalue weighted by Gasteiger charge is -2.06. The zero-order chi connectivity index (χ0) is 18.3. The van der Waals surface area contributed by atoms with Gasteiger partial charge < -0.3 is 0 Å². The van der Waals surface area contributed by atoms with E-state index in [-0.39, 0.29) is 4.90 Å². The molecule has 2 N–H and O–H groups in total. The molecule has 0 aliphatic rings. The lowest BCUT2D eigenvalue weighted by molar-refractivity contribution is 0.598. The second-order valence-corrected chi connectivity index (χ2v) is 7.77.